The molecule has 0 spiro atoms. The first-order valence-corrected chi connectivity index (χ1v) is 6.98. The number of aryl methyl sites for hydroxylation is 1. The van der Waals surface area contributed by atoms with E-state index in [2.05, 4.69) is 36.3 Å². The van der Waals surface area contributed by atoms with Crippen molar-refractivity contribution in [1.29, 1.82) is 0 Å². The summed E-state index contributed by atoms with van der Waals surface area (Å²) in [5.74, 6) is 1.07. The molecule has 2 aromatic rings. The zero-order chi connectivity index (χ0) is 12.8. The van der Waals surface area contributed by atoms with Crippen molar-refractivity contribution in [2.24, 2.45) is 0 Å². The second-order valence-electron chi connectivity index (χ2n) is 4.47. The Kier molecular flexibility index (Phi) is 4.82. The molecule has 0 aliphatic carbocycles. The zero-order valence-corrected chi connectivity index (χ0v) is 11.4. The number of aromatic nitrogens is 1. The summed E-state index contributed by atoms with van der Waals surface area (Å²) >= 11 is 5.69. The summed E-state index contributed by atoms with van der Waals surface area (Å²) in [6, 6.07) is 10.4. The fourth-order valence-electron chi connectivity index (χ4n) is 1.93. The average Bonchev–Trinajstić information content (AvgIpc) is 2.89. The number of hydrogen-bond donors (Lipinski definition) is 0. The molecule has 2 nitrogen and oxygen atoms in total. The lowest BCUT2D eigenvalue weighted by Gasteiger charge is -2.01. The number of benzene rings is 1. The van der Waals surface area contributed by atoms with E-state index < -0.39 is 0 Å². The van der Waals surface area contributed by atoms with E-state index in [9.17, 15) is 0 Å². The van der Waals surface area contributed by atoms with Gasteiger partial charge in [0.05, 0.1) is 5.88 Å². The first-order valence-electron chi connectivity index (χ1n) is 6.44. The Morgan fingerprint density at radius 2 is 1.94 bits per heavy atom. The van der Waals surface area contributed by atoms with Crippen LogP contribution in [0.3, 0.4) is 0 Å². The van der Waals surface area contributed by atoms with Crippen LogP contribution in [0.1, 0.15) is 37.5 Å². The van der Waals surface area contributed by atoms with Gasteiger partial charge in [0.15, 0.2) is 5.76 Å². The number of unbranched alkanes of at least 4 members (excludes halogenated alkanes) is 2. The maximum atomic E-state index is 5.69. The fourth-order valence-corrected chi connectivity index (χ4v) is 2.06. The van der Waals surface area contributed by atoms with Crippen LogP contribution in [-0.4, -0.2) is 5.16 Å². The smallest absolute Gasteiger partial charge is 0.152 e. The SMILES string of the molecule is CCCCCc1ccc(-c2cc(CCl)on2)cc1. The molecular formula is C15H18ClNO. The van der Waals surface area contributed by atoms with Crippen molar-refractivity contribution in [1.82, 2.24) is 5.16 Å². The van der Waals surface area contributed by atoms with Crippen molar-refractivity contribution >= 4 is 11.6 Å². The van der Waals surface area contributed by atoms with Crippen molar-refractivity contribution in [3.05, 3.63) is 41.7 Å². The van der Waals surface area contributed by atoms with Crippen molar-refractivity contribution in [3.8, 4) is 11.3 Å². The first-order chi connectivity index (χ1) is 8.83. The van der Waals surface area contributed by atoms with Gasteiger partial charge in [-0.25, -0.2) is 0 Å². The van der Waals surface area contributed by atoms with Gasteiger partial charge in [0.25, 0.3) is 0 Å². The standard InChI is InChI=1S/C15H18ClNO/c1-2-3-4-5-12-6-8-13(9-7-12)15-10-14(11-16)18-17-15/h6-10H,2-5,11H2,1H3. The summed E-state index contributed by atoms with van der Waals surface area (Å²) in [6.07, 6.45) is 4.97. The molecule has 0 N–H and O–H groups in total. The summed E-state index contributed by atoms with van der Waals surface area (Å²) in [5, 5.41) is 4.00. The van der Waals surface area contributed by atoms with E-state index in [1.165, 1.54) is 24.8 Å². The minimum absolute atomic E-state index is 0.363. The highest BCUT2D eigenvalue weighted by molar-refractivity contribution is 6.16. The van der Waals surface area contributed by atoms with Crippen molar-refractivity contribution in [2.45, 2.75) is 38.5 Å². The van der Waals surface area contributed by atoms with Crippen molar-refractivity contribution < 1.29 is 4.52 Å². The fraction of sp³-hybridized carbons (Fsp3) is 0.400. The third-order valence-corrected chi connectivity index (χ3v) is 3.27. The molecule has 0 saturated carbocycles. The molecule has 0 fully saturated rings. The highest BCUT2D eigenvalue weighted by Gasteiger charge is 2.05. The molecule has 0 bridgehead atoms. The lowest BCUT2D eigenvalue weighted by Crippen LogP contribution is -1.85. The molecule has 18 heavy (non-hydrogen) atoms. The molecule has 1 heterocycles. The quantitative estimate of drug-likeness (QED) is 0.552. The van der Waals surface area contributed by atoms with Crippen LogP contribution in [0.25, 0.3) is 11.3 Å². The third kappa shape index (κ3) is 3.36. The van der Waals surface area contributed by atoms with E-state index in [0.717, 1.165) is 17.7 Å². The van der Waals surface area contributed by atoms with Gasteiger partial charge < -0.3 is 4.52 Å². The lowest BCUT2D eigenvalue weighted by atomic mass is 10.0. The van der Waals surface area contributed by atoms with Crippen LogP contribution in [0.15, 0.2) is 34.9 Å². The number of rotatable bonds is 6. The molecule has 96 valence electrons. The molecule has 3 heteroatoms. The normalized spacial score (nSPS) is 10.8. The van der Waals surface area contributed by atoms with Crippen LogP contribution < -0.4 is 0 Å². The molecule has 0 saturated heterocycles. The maximum absolute atomic E-state index is 5.69. The van der Waals surface area contributed by atoms with E-state index >= 15 is 0 Å². The molecule has 1 aromatic heterocycles. The van der Waals surface area contributed by atoms with Gasteiger partial charge in [-0.1, -0.05) is 49.2 Å². The third-order valence-electron chi connectivity index (χ3n) is 3.01. The van der Waals surface area contributed by atoms with Gasteiger partial charge in [-0.3, -0.25) is 0 Å². The summed E-state index contributed by atoms with van der Waals surface area (Å²) in [6.45, 7) is 2.22. The molecule has 0 unspecified atom stereocenters. The van der Waals surface area contributed by atoms with Crippen LogP contribution in [0.5, 0.6) is 0 Å². The van der Waals surface area contributed by atoms with Crippen LogP contribution in [0.2, 0.25) is 0 Å². The van der Waals surface area contributed by atoms with Gasteiger partial charge in [0.2, 0.25) is 0 Å². The number of hydrogen-bond acceptors (Lipinski definition) is 2. The monoisotopic (exact) mass is 263 g/mol. The Labute approximate surface area is 113 Å². The second kappa shape index (κ2) is 6.60. The molecule has 2 rings (SSSR count). The highest BCUT2D eigenvalue weighted by Crippen LogP contribution is 2.21. The van der Waals surface area contributed by atoms with Gasteiger partial charge >= 0.3 is 0 Å². The van der Waals surface area contributed by atoms with Gasteiger partial charge in [0.1, 0.15) is 5.69 Å². The Hall–Kier alpha value is -1.28. The Morgan fingerprint density at radius 1 is 1.17 bits per heavy atom. The predicted molar refractivity (Wildman–Crippen MR) is 74.7 cm³/mol. The number of halogens is 1. The van der Waals surface area contributed by atoms with Crippen LogP contribution in [0, 0.1) is 0 Å². The summed E-state index contributed by atoms with van der Waals surface area (Å²) < 4.78 is 5.10. The molecular weight excluding hydrogens is 246 g/mol. The van der Waals surface area contributed by atoms with Crippen LogP contribution >= 0.6 is 11.6 Å². The zero-order valence-electron chi connectivity index (χ0n) is 10.7. The Bertz CT molecular complexity index is 475. The Balaban J connectivity index is 2.02. The van der Waals surface area contributed by atoms with E-state index in [0.29, 0.717) is 11.6 Å². The van der Waals surface area contributed by atoms with Crippen LogP contribution in [0.4, 0.5) is 0 Å². The number of nitrogens with zero attached hydrogens (tertiary/aromatic N) is 1. The second-order valence-corrected chi connectivity index (χ2v) is 4.73. The molecule has 0 radical (unpaired) electrons. The minimum atomic E-state index is 0.363. The van der Waals surface area contributed by atoms with Crippen LogP contribution in [-0.2, 0) is 12.3 Å². The van der Waals surface area contributed by atoms with Gasteiger partial charge in [-0.2, -0.15) is 0 Å². The summed E-state index contributed by atoms with van der Waals surface area (Å²) in [5.41, 5.74) is 3.31. The molecule has 1 aromatic carbocycles. The van der Waals surface area contributed by atoms with Crippen molar-refractivity contribution in [3.63, 3.8) is 0 Å². The minimum Gasteiger partial charge on any atom is -0.359 e. The molecule has 0 amide bonds. The van der Waals surface area contributed by atoms with E-state index in [1.807, 2.05) is 6.07 Å². The largest absolute Gasteiger partial charge is 0.359 e. The summed E-state index contributed by atoms with van der Waals surface area (Å²) in [4.78, 5) is 0. The van der Waals surface area contributed by atoms with E-state index in [1.54, 1.807) is 0 Å². The first kappa shape index (κ1) is 13.2. The number of alkyl halides is 1. The molecule has 0 aliphatic heterocycles. The maximum Gasteiger partial charge on any atom is 0.152 e. The lowest BCUT2D eigenvalue weighted by molar-refractivity contribution is 0.396. The van der Waals surface area contributed by atoms with Crippen molar-refractivity contribution in [2.75, 3.05) is 0 Å². The Morgan fingerprint density at radius 3 is 2.56 bits per heavy atom. The molecule has 0 atom stereocenters. The van der Waals surface area contributed by atoms with Gasteiger partial charge in [0, 0.05) is 11.6 Å². The van der Waals surface area contributed by atoms with Gasteiger partial charge in [-0.15, -0.1) is 11.6 Å². The van der Waals surface area contributed by atoms with Gasteiger partial charge in [-0.05, 0) is 18.4 Å². The molecule has 0 aliphatic rings. The topological polar surface area (TPSA) is 26.0 Å². The van der Waals surface area contributed by atoms with E-state index in [4.69, 9.17) is 16.1 Å². The average molecular weight is 264 g/mol. The van der Waals surface area contributed by atoms with E-state index in [-0.39, 0.29) is 0 Å². The summed E-state index contributed by atoms with van der Waals surface area (Å²) in [7, 11) is 0. The highest BCUT2D eigenvalue weighted by atomic mass is 35.5. The predicted octanol–water partition coefficient (Wildman–Crippen LogP) is 4.81.